The minimum atomic E-state index is 0.0919. The molecule has 4 rings (SSSR count). The number of hydrogen-bond donors (Lipinski definition) is 0. The van der Waals surface area contributed by atoms with E-state index in [0.717, 1.165) is 36.4 Å². The molecule has 2 aromatic carbocycles. The minimum Gasteiger partial charge on any atom is -0.497 e. The van der Waals surface area contributed by atoms with Crippen molar-refractivity contribution in [1.82, 2.24) is 19.7 Å². The van der Waals surface area contributed by atoms with Gasteiger partial charge in [0.25, 0.3) is 0 Å². The van der Waals surface area contributed by atoms with Crippen molar-refractivity contribution in [2.45, 2.75) is 37.9 Å². The van der Waals surface area contributed by atoms with E-state index >= 15 is 0 Å². The molecule has 0 spiro atoms. The molecular weight excluding hydrogens is 436 g/mol. The fourth-order valence-corrected chi connectivity index (χ4v) is 4.63. The first-order chi connectivity index (χ1) is 16.2. The Balaban J connectivity index is 1.50. The molecule has 7 nitrogen and oxygen atoms in total. The Morgan fingerprint density at radius 1 is 1.09 bits per heavy atom. The first kappa shape index (κ1) is 22.9. The van der Waals surface area contributed by atoms with Crippen LogP contribution in [0.2, 0.25) is 0 Å². The van der Waals surface area contributed by atoms with Crippen molar-refractivity contribution >= 4 is 17.7 Å². The van der Waals surface area contributed by atoms with E-state index in [1.54, 1.807) is 7.11 Å². The van der Waals surface area contributed by atoms with Gasteiger partial charge in [0.05, 0.1) is 12.9 Å². The van der Waals surface area contributed by atoms with Crippen LogP contribution in [-0.4, -0.2) is 45.0 Å². The highest BCUT2D eigenvalue weighted by Gasteiger charge is 2.21. The van der Waals surface area contributed by atoms with E-state index in [1.807, 2.05) is 71.0 Å². The van der Waals surface area contributed by atoms with Crippen LogP contribution in [0.4, 0.5) is 0 Å². The molecule has 0 N–H and O–H groups in total. The van der Waals surface area contributed by atoms with Gasteiger partial charge in [-0.25, -0.2) is 0 Å². The Morgan fingerprint density at radius 2 is 1.85 bits per heavy atom. The van der Waals surface area contributed by atoms with E-state index in [-0.39, 0.29) is 12.5 Å². The zero-order valence-electron chi connectivity index (χ0n) is 18.9. The van der Waals surface area contributed by atoms with Gasteiger partial charge in [-0.3, -0.25) is 9.36 Å². The Kier molecular flexibility index (Phi) is 7.67. The molecule has 1 aromatic heterocycles. The van der Waals surface area contributed by atoms with Crippen molar-refractivity contribution < 1.29 is 14.3 Å². The van der Waals surface area contributed by atoms with E-state index in [4.69, 9.17) is 9.47 Å². The van der Waals surface area contributed by atoms with Crippen molar-refractivity contribution in [2.24, 2.45) is 0 Å². The summed E-state index contributed by atoms with van der Waals surface area (Å²) in [6.07, 6.45) is 5.31. The van der Waals surface area contributed by atoms with Gasteiger partial charge in [0.1, 0.15) is 18.1 Å². The summed E-state index contributed by atoms with van der Waals surface area (Å²) in [6, 6.07) is 17.3. The second-order valence-corrected chi connectivity index (χ2v) is 8.49. The SMILES string of the molecule is CCN(C(=O)CSc1nnc(COc2ccc(OC)cc2)n1-c1ccccc1)C1=CCCC1. The van der Waals surface area contributed by atoms with Crippen LogP contribution in [0.15, 0.2) is 71.5 Å². The third kappa shape index (κ3) is 5.57. The number of allylic oxidation sites excluding steroid dienone is 2. The Hall–Kier alpha value is -3.26. The molecule has 0 saturated carbocycles. The van der Waals surface area contributed by atoms with E-state index < -0.39 is 0 Å². The monoisotopic (exact) mass is 464 g/mol. The number of ether oxygens (including phenoxy) is 2. The van der Waals surface area contributed by atoms with Crippen molar-refractivity contribution in [2.75, 3.05) is 19.4 Å². The molecule has 8 heteroatoms. The topological polar surface area (TPSA) is 69.5 Å². The third-order valence-corrected chi connectivity index (χ3v) is 6.36. The van der Waals surface area contributed by atoms with Gasteiger partial charge < -0.3 is 14.4 Å². The molecule has 172 valence electrons. The van der Waals surface area contributed by atoms with Gasteiger partial charge >= 0.3 is 0 Å². The van der Waals surface area contributed by atoms with Gasteiger partial charge in [0.2, 0.25) is 5.91 Å². The average Bonchev–Trinajstić information content (AvgIpc) is 3.53. The number of nitrogens with zero attached hydrogens (tertiary/aromatic N) is 4. The molecule has 0 saturated heterocycles. The number of hydrogen-bond acceptors (Lipinski definition) is 6. The van der Waals surface area contributed by atoms with E-state index in [1.165, 1.54) is 11.8 Å². The van der Waals surface area contributed by atoms with Crippen LogP contribution in [0, 0.1) is 0 Å². The van der Waals surface area contributed by atoms with Crippen LogP contribution in [0.3, 0.4) is 0 Å². The maximum absolute atomic E-state index is 12.9. The Bertz CT molecular complexity index is 1100. The zero-order valence-corrected chi connectivity index (χ0v) is 19.8. The van der Waals surface area contributed by atoms with Crippen LogP contribution in [0.5, 0.6) is 11.5 Å². The molecule has 0 aliphatic heterocycles. The predicted molar refractivity (Wildman–Crippen MR) is 129 cm³/mol. The van der Waals surface area contributed by atoms with E-state index in [0.29, 0.717) is 29.0 Å². The molecule has 1 heterocycles. The van der Waals surface area contributed by atoms with Gasteiger partial charge in [-0.2, -0.15) is 0 Å². The van der Waals surface area contributed by atoms with Crippen LogP contribution in [-0.2, 0) is 11.4 Å². The van der Waals surface area contributed by atoms with Gasteiger partial charge in [-0.1, -0.05) is 36.0 Å². The highest BCUT2D eigenvalue weighted by molar-refractivity contribution is 7.99. The average molecular weight is 465 g/mol. The van der Waals surface area contributed by atoms with E-state index in [2.05, 4.69) is 16.3 Å². The van der Waals surface area contributed by atoms with Gasteiger partial charge in [-0.05, 0) is 62.6 Å². The molecule has 0 atom stereocenters. The maximum Gasteiger partial charge on any atom is 0.237 e. The smallest absolute Gasteiger partial charge is 0.237 e. The molecule has 0 bridgehead atoms. The van der Waals surface area contributed by atoms with Crippen LogP contribution in [0.1, 0.15) is 32.0 Å². The lowest BCUT2D eigenvalue weighted by Crippen LogP contribution is -2.31. The summed E-state index contributed by atoms with van der Waals surface area (Å²) in [6.45, 7) is 2.94. The Morgan fingerprint density at radius 3 is 2.52 bits per heavy atom. The maximum atomic E-state index is 12.9. The highest BCUT2D eigenvalue weighted by Crippen LogP contribution is 2.26. The summed E-state index contributed by atoms with van der Waals surface area (Å²) in [7, 11) is 1.63. The number of benzene rings is 2. The summed E-state index contributed by atoms with van der Waals surface area (Å²) < 4.78 is 13.1. The standard InChI is InChI=1S/C25H28N4O3S/c1-3-28(19-9-7-8-10-19)24(30)18-33-25-27-26-23(29(25)20-11-5-4-6-12-20)17-32-22-15-13-21(31-2)14-16-22/h4-6,9,11-16H,3,7-8,10,17-18H2,1-2H3. The quantitative estimate of drug-likeness (QED) is 0.399. The van der Waals surface area contributed by atoms with Gasteiger partial charge in [-0.15, -0.1) is 10.2 Å². The summed E-state index contributed by atoms with van der Waals surface area (Å²) in [5.41, 5.74) is 2.07. The number of carbonyl (C=O) groups is 1. The van der Waals surface area contributed by atoms with Gasteiger partial charge in [0, 0.05) is 17.9 Å². The number of amides is 1. The molecule has 1 aliphatic carbocycles. The highest BCUT2D eigenvalue weighted by atomic mass is 32.2. The zero-order chi connectivity index (χ0) is 23.0. The van der Waals surface area contributed by atoms with Gasteiger partial charge in [0.15, 0.2) is 11.0 Å². The minimum absolute atomic E-state index is 0.0919. The summed E-state index contributed by atoms with van der Waals surface area (Å²) in [5.74, 6) is 2.54. The third-order valence-electron chi connectivity index (χ3n) is 5.45. The molecule has 0 unspecified atom stereocenters. The lowest BCUT2D eigenvalue weighted by Gasteiger charge is -2.22. The number of methoxy groups -OCH3 is 1. The first-order valence-electron chi connectivity index (χ1n) is 11.1. The Labute approximate surface area is 198 Å². The molecule has 1 aliphatic rings. The molecule has 33 heavy (non-hydrogen) atoms. The van der Waals surface area contributed by atoms with Crippen LogP contribution < -0.4 is 9.47 Å². The van der Waals surface area contributed by atoms with Crippen LogP contribution >= 0.6 is 11.8 Å². The molecule has 1 amide bonds. The molecular formula is C25H28N4O3S. The molecule has 0 radical (unpaired) electrons. The number of thioether (sulfide) groups is 1. The number of aromatic nitrogens is 3. The largest absolute Gasteiger partial charge is 0.497 e. The lowest BCUT2D eigenvalue weighted by atomic mass is 10.3. The molecule has 3 aromatic rings. The molecule has 0 fully saturated rings. The normalized spacial score (nSPS) is 13.0. The summed E-state index contributed by atoms with van der Waals surface area (Å²) in [5, 5.41) is 9.41. The number of carbonyl (C=O) groups excluding carboxylic acids is 1. The fraction of sp³-hybridized carbons (Fsp3) is 0.320. The second-order valence-electron chi connectivity index (χ2n) is 7.55. The van der Waals surface area contributed by atoms with Crippen molar-refractivity contribution in [3.8, 4) is 17.2 Å². The summed E-state index contributed by atoms with van der Waals surface area (Å²) >= 11 is 1.40. The van der Waals surface area contributed by atoms with Crippen LogP contribution in [0.25, 0.3) is 5.69 Å². The fourth-order valence-electron chi connectivity index (χ4n) is 3.79. The number of rotatable bonds is 10. The van der Waals surface area contributed by atoms with E-state index in [9.17, 15) is 4.79 Å². The van der Waals surface area contributed by atoms with Crippen molar-refractivity contribution in [3.05, 3.63) is 72.2 Å². The van der Waals surface area contributed by atoms with Crippen molar-refractivity contribution in [1.29, 1.82) is 0 Å². The first-order valence-corrected chi connectivity index (χ1v) is 12.1. The van der Waals surface area contributed by atoms with Crippen molar-refractivity contribution in [3.63, 3.8) is 0 Å². The number of para-hydroxylation sites is 1. The lowest BCUT2D eigenvalue weighted by molar-refractivity contribution is -0.126. The predicted octanol–water partition coefficient (Wildman–Crippen LogP) is 4.86. The summed E-state index contributed by atoms with van der Waals surface area (Å²) in [4.78, 5) is 14.8. The second kappa shape index (κ2) is 11.0.